The second-order valence-electron chi connectivity index (χ2n) is 4.64. The van der Waals surface area contributed by atoms with Crippen LogP contribution in [0.4, 0.5) is 0 Å². The zero-order chi connectivity index (χ0) is 10.5. The zero-order valence-electron chi connectivity index (χ0n) is 9.07. The van der Waals surface area contributed by atoms with Crippen molar-refractivity contribution in [1.82, 2.24) is 9.88 Å². The predicted octanol–water partition coefficient (Wildman–Crippen LogP) is 2.05. The normalized spacial score (nSPS) is 24.6. The number of nitrogens with zero attached hydrogens (tertiary/aromatic N) is 1. The average Bonchev–Trinajstić information content (AvgIpc) is 2.92. The summed E-state index contributed by atoms with van der Waals surface area (Å²) in [6, 6.07) is 9.04. The molecule has 0 aliphatic carbocycles. The van der Waals surface area contributed by atoms with Crippen molar-refractivity contribution in [2.45, 2.75) is 12.5 Å². The minimum Gasteiger partial charge on any atom is -0.364 e. The summed E-state index contributed by atoms with van der Waals surface area (Å²) in [4.78, 5) is 5.98. The van der Waals surface area contributed by atoms with Gasteiger partial charge >= 0.3 is 0 Å². The third kappa shape index (κ3) is 1.05. The summed E-state index contributed by atoms with van der Waals surface area (Å²) in [6.45, 7) is 2.75. The third-order valence-electron chi connectivity index (χ3n) is 3.80. The first-order valence-corrected chi connectivity index (χ1v) is 5.85. The van der Waals surface area contributed by atoms with Crippen LogP contribution in [0.5, 0.6) is 0 Å². The van der Waals surface area contributed by atoms with Crippen LogP contribution in [0.3, 0.4) is 0 Å². The van der Waals surface area contributed by atoms with E-state index in [1.807, 2.05) is 0 Å². The lowest BCUT2D eigenvalue weighted by Gasteiger charge is -2.27. The lowest BCUT2D eigenvalue weighted by Crippen LogP contribution is -2.31. The number of benzene rings is 1. The Balaban J connectivity index is 1.96. The lowest BCUT2D eigenvalue weighted by atomic mass is 9.99. The summed E-state index contributed by atoms with van der Waals surface area (Å²) in [7, 11) is 0. The Labute approximate surface area is 94.0 Å². The molecule has 3 nitrogen and oxygen atoms in total. The van der Waals surface area contributed by atoms with Gasteiger partial charge in [-0.1, -0.05) is 18.2 Å². The van der Waals surface area contributed by atoms with Gasteiger partial charge in [-0.15, -0.1) is 0 Å². The van der Waals surface area contributed by atoms with E-state index in [0.29, 0.717) is 6.04 Å². The molecule has 0 bridgehead atoms. The monoisotopic (exact) mass is 214 g/mol. The molecule has 2 aliphatic rings. The standard InChI is InChI=1S/C13H14N2O/c1-2-4-11-9(3-1)10-5-6-15-8-16-7-12(15)13(10)14-11/h1-4,12,14H,5-8H2. The van der Waals surface area contributed by atoms with Crippen molar-refractivity contribution < 1.29 is 4.74 Å². The van der Waals surface area contributed by atoms with E-state index in [0.717, 1.165) is 26.3 Å². The average molecular weight is 214 g/mol. The highest BCUT2D eigenvalue weighted by molar-refractivity contribution is 5.85. The van der Waals surface area contributed by atoms with Gasteiger partial charge in [-0.3, -0.25) is 4.90 Å². The molecule has 1 unspecified atom stereocenters. The Morgan fingerprint density at radius 2 is 2.25 bits per heavy atom. The molecular formula is C13H14N2O. The molecule has 1 fully saturated rings. The summed E-state index contributed by atoms with van der Waals surface area (Å²) in [5.41, 5.74) is 4.15. The Morgan fingerprint density at radius 3 is 3.25 bits per heavy atom. The highest BCUT2D eigenvalue weighted by atomic mass is 16.5. The highest BCUT2D eigenvalue weighted by Gasteiger charge is 2.33. The van der Waals surface area contributed by atoms with Gasteiger partial charge in [-0.2, -0.15) is 0 Å². The van der Waals surface area contributed by atoms with Gasteiger partial charge in [0.15, 0.2) is 0 Å². The van der Waals surface area contributed by atoms with E-state index in [4.69, 9.17) is 4.74 Å². The minimum absolute atomic E-state index is 0.455. The van der Waals surface area contributed by atoms with Crippen LogP contribution in [-0.2, 0) is 11.2 Å². The number of hydrogen-bond donors (Lipinski definition) is 1. The van der Waals surface area contributed by atoms with Crippen LogP contribution in [0.25, 0.3) is 10.9 Å². The molecule has 0 amide bonds. The van der Waals surface area contributed by atoms with Crippen LogP contribution in [0, 0.1) is 0 Å². The van der Waals surface area contributed by atoms with E-state index >= 15 is 0 Å². The first-order chi connectivity index (χ1) is 7.93. The molecule has 0 radical (unpaired) electrons. The summed E-state index contributed by atoms with van der Waals surface area (Å²) in [6.07, 6.45) is 1.14. The molecule has 1 aromatic carbocycles. The molecule has 16 heavy (non-hydrogen) atoms. The maximum Gasteiger partial charge on any atom is 0.0997 e. The fraction of sp³-hybridized carbons (Fsp3) is 0.385. The number of aromatic amines is 1. The van der Waals surface area contributed by atoms with Crippen LogP contribution in [-0.4, -0.2) is 29.8 Å². The number of nitrogens with one attached hydrogen (secondary N) is 1. The Hall–Kier alpha value is -1.32. The summed E-state index contributed by atoms with van der Waals surface area (Å²) >= 11 is 0. The van der Waals surface area contributed by atoms with Crippen molar-refractivity contribution in [3.8, 4) is 0 Å². The van der Waals surface area contributed by atoms with Crippen LogP contribution in [0.2, 0.25) is 0 Å². The van der Waals surface area contributed by atoms with Gasteiger partial charge in [0.25, 0.3) is 0 Å². The van der Waals surface area contributed by atoms with Crippen molar-refractivity contribution in [3.05, 3.63) is 35.5 Å². The number of aromatic nitrogens is 1. The maximum atomic E-state index is 5.55. The van der Waals surface area contributed by atoms with E-state index in [-0.39, 0.29) is 0 Å². The van der Waals surface area contributed by atoms with Crippen LogP contribution in [0.15, 0.2) is 24.3 Å². The summed E-state index contributed by atoms with van der Waals surface area (Å²) in [5.74, 6) is 0. The lowest BCUT2D eigenvalue weighted by molar-refractivity contribution is 0.137. The number of hydrogen-bond acceptors (Lipinski definition) is 2. The second-order valence-corrected chi connectivity index (χ2v) is 4.64. The van der Waals surface area contributed by atoms with E-state index in [9.17, 15) is 0 Å². The van der Waals surface area contributed by atoms with E-state index in [2.05, 4.69) is 34.1 Å². The van der Waals surface area contributed by atoms with Gasteiger partial charge in [0.05, 0.1) is 19.4 Å². The van der Waals surface area contributed by atoms with E-state index < -0.39 is 0 Å². The number of ether oxygens (including phenoxy) is 1. The van der Waals surface area contributed by atoms with Gasteiger partial charge in [0.2, 0.25) is 0 Å². The Morgan fingerprint density at radius 1 is 1.31 bits per heavy atom. The van der Waals surface area contributed by atoms with Crippen LogP contribution in [0.1, 0.15) is 17.3 Å². The van der Waals surface area contributed by atoms with E-state index in [1.54, 1.807) is 0 Å². The largest absolute Gasteiger partial charge is 0.364 e. The van der Waals surface area contributed by atoms with Gasteiger partial charge in [-0.05, 0) is 18.1 Å². The van der Waals surface area contributed by atoms with Gasteiger partial charge in [0, 0.05) is 23.1 Å². The number of para-hydroxylation sites is 1. The molecule has 82 valence electrons. The van der Waals surface area contributed by atoms with E-state index in [1.165, 1.54) is 22.2 Å². The van der Waals surface area contributed by atoms with Crippen LogP contribution < -0.4 is 0 Å². The fourth-order valence-corrected chi connectivity index (χ4v) is 2.99. The molecule has 3 heteroatoms. The quantitative estimate of drug-likeness (QED) is 0.727. The first kappa shape index (κ1) is 8.79. The molecule has 1 N–H and O–H groups in total. The van der Waals surface area contributed by atoms with Gasteiger partial charge in [0.1, 0.15) is 0 Å². The van der Waals surface area contributed by atoms with Gasteiger partial charge < -0.3 is 9.72 Å². The number of H-pyrrole nitrogens is 1. The third-order valence-corrected chi connectivity index (χ3v) is 3.80. The molecule has 2 aliphatic heterocycles. The molecule has 4 rings (SSSR count). The van der Waals surface area contributed by atoms with Crippen molar-refractivity contribution in [3.63, 3.8) is 0 Å². The zero-order valence-corrected chi connectivity index (χ0v) is 9.07. The summed E-state index contributed by atoms with van der Waals surface area (Å²) < 4.78 is 5.55. The fourth-order valence-electron chi connectivity index (χ4n) is 2.99. The minimum atomic E-state index is 0.455. The summed E-state index contributed by atoms with van der Waals surface area (Å²) in [5, 5.41) is 1.39. The molecule has 1 aromatic heterocycles. The maximum absolute atomic E-state index is 5.55. The van der Waals surface area contributed by atoms with Gasteiger partial charge in [-0.25, -0.2) is 0 Å². The Kier molecular flexibility index (Phi) is 1.70. The topological polar surface area (TPSA) is 28.3 Å². The molecular weight excluding hydrogens is 200 g/mol. The first-order valence-electron chi connectivity index (χ1n) is 5.85. The SMILES string of the molecule is c1ccc2c3c([nH]c2c1)C1COCN1CC3. The molecule has 2 aromatic rings. The number of rotatable bonds is 0. The highest BCUT2D eigenvalue weighted by Crippen LogP contribution is 2.36. The predicted molar refractivity (Wildman–Crippen MR) is 62.3 cm³/mol. The molecule has 3 heterocycles. The second kappa shape index (κ2) is 3.09. The van der Waals surface area contributed by atoms with Crippen molar-refractivity contribution >= 4 is 10.9 Å². The molecule has 1 saturated heterocycles. The Bertz CT molecular complexity index is 546. The number of fused-ring (bicyclic) bond motifs is 5. The van der Waals surface area contributed by atoms with Crippen molar-refractivity contribution in [1.29, 1.82) is 0 Å². The smallest absolute Gasteiger partial charge is 0.0997 e. The van der Waals surface area contributed by atoms with Crippen LogP contribution >= 0.6 is 0 Å². The molecule has 0 saturated carbocycles. The van der Waals surface area contributed by atoms with Crippen molar-refractivity contribution in [2.75, 3.05) is 19.9 Å². The molecule has 1 atom stereocenters. The molecule has 0 spiro atoms. The van der Waals surface area contributed by atoms with Crippen molar-refractivity contribution in [2.24, 2.45) is 0 Å².